The Labute approximate surface area is 98.8 Å². The monoisotopic (exact) mass is 261 g/mol. The fourth-order valence-electron chi connectivity index (χ4n) is 1.42. The average Bonchev–Trinajstić information content (AvgIpc) is 2.81. The fourth-order valence-corrected chi connectivity index (χ4v) is 1.42. The SMILES string of the molecule is FC(F)(F)C(F)(F)c1cccc(C2=CN=C[N]2)c1. The molecule has 1 aliphatic rings. The molecule has 2 rings (SSSR count). The van der Waals surface area contributed by atoms with Crippen LogP contribution < -0.4 is 5.32 Å². The Balaban J connectivity index is 2.39. The summed E-state index contributed by atoms with van der Waals surface area (Å²) in [6, 6.07) is 4.00. The first-order valence-electron chi connectivity index (χ1n) is 4.80. The Morgan fingerprint density at radius 3 is 2.28 bits per heavy atom. The normalized spacial score (nSPS) is 15.5. The van der Waals surface area contributed by atoms with Gasteiger partial charge in [-0.25, -0.2) is 10.3 Å². The lowest BCUT2D eigenvalue weighted by atomic mass is 10.0. The Bertz CT molecular complexity index is 516. The first kappa shape index (κ1) is 12.5. The minimum atomic E-state index is -5.62. The summed E-state index contributed by atoms with van der Waals surface area (Å²) in [5, 5.41) is 3.73. The summed E-state index contributed by atoms with van der Waals surface area (Å²) in [5.41, 5.74) is -0.709. The third-order valence-electron chi connectivity index (χ3n) is 2.34. The van der Waals surface area contributed by atoms with E-state index >= 15 is 0 Å². The van der Waals surface area contributed by atoms with E-state index < -0.39 is 17.7 Å². The summed E-state index contributed by atoms with van der Waals surface area (Å²) in [7, 11) is 0. The summed E-state index contributed by atoms with van der Waals surface area (Å²) in [5.74, 6) is -4.89. The summed E-state index contributed by atoms with van der Waals surface area (Å²) >= 11 is 0. The van der Waals surface area contributed by atoms with E-state index in [1.54, 1.807) is 0 Å². The standard InChI is InChI=1S/C11H6F5N2/c12-10(13,11(14,15)16)8-3-1-2-7(4-8)9-5-17-6-18-9/h1-6H. The van der Waals surface area contributed by atoms with Gasteiger partial charge in [0.25, 0.3) is 0 Å². The average molecular weight is 261 g/mol. The Hall–Kier alpha value is -1.92. The molecule has 1 aliphatic heterocycles. The zero-order valence-corrected chi connectivity index (χ0v) is 8.75. The quantitative estimate of drug-likeness (QED) is 0.730. The molecule has 0 fully saturated rings. The molecule has 1 heterocycles. The number of nitrogens with zero attached hydrogens (tertiary/aromatic N) is 2. The third kappa shape index (κ3) is 2.07. The van der Waals surface area contributed by atoms with Gasteiger partial charge in [0.15, 0.2) is 0 Å². The number of hydrogen-bond acceptors (Lipinski definition) is 1. The second kappa shape index (κ2) is 4.08. The van der Waals surface area contributed by atoms with Gasteiger partial charge in [-0.05, 0) is 6.07 Å². The molecule has 0 saturated carbocycles. The first-order valence-corrected chi connectivity index (χ1v) is 4.80. The van der Waals surface area contributed by atoms with Gasteiger partial charge in [-0.15, -0.1) is 0 Å². The fraction of sp³-hybridized carbons (Fsp3) is 0.182. The van der Waals surface area contributed by atoms with Gasteiger partial charge in [-0.2, -0.15) is 22.0 Å². The molecule has 1 aromatic rings. The van der Waals surface area contributed by atoms with E-state index in [1.807, 2.05) is 0 Å². The van der Waals surface area contributed by atoms with Crippen molar-refractivity contribution in [3.63, 3.8) is 0 Å². The van der Waals surface area contributed by atoms with Gasteiger partial charge in [-0.3, -0.25) is 0 Å². The molecule has 1 radical (unpaired) electrons. The lowest BCUT2D eigenvalue weighted by Crippen LogP contribution is -2.33. The highest BCUT2D eigenvalue weighted by atomic mass is 19.4. The number of benzene rings is 1. The topological polar surface area (TPSA) is 26.5 Å². The molecule has 7 heteroatoms. The predicted molar refractivity (Wildman–Crippen MR) is 55.0 cm³/mol. The summed E-state index contributed by atoms with van der Waals surface area (Å²) in [6.45, 7) is 0. The smallest absolute Gasteiger partial charge is 0.243 e. The molecule has 0 unspecified atom stereocenters. The van der Waals surface area contributed by atoms with Crippen molar-refractivity contribution in [2.75, 3.05) is 0 Å². The number of rotatable bonds is 2. The maximum atomic E-state index is 13.1. The van der Waals surface area contributed by atoms with Crippen molar-refractivity contribution < 1.29 is 22.0 Å². The molecule has 0 aromatic heterocycles. The van der Waals surface area contributed by atoms with E-state index in [0.717, 1.165) is 18.2 Å². The van der Waals surface area contributed by atoms with Crippen LogP contribution in [0.2, 0.25) is 0 Å². The van der Waals surface area contributed by atoms with Crippen LogP contribution in [0.5, 0.6) is 0 Å². The van der Waals surface area contributed by atoms with Crippen LogP contribution in [-0.2, 0) is 5.92 Å². The highest BCUT2D eigenvalue weighted by molar-refractivity contribution is 5.80. The molecule has 0 aliphatic carbocycles. The van der Waals surface area contributed by atoms with Gasteiger partial charge in [-0.1, -0.05) is 18.2 Å². The van der Waals surface area contributed by atoms with Crippen molar-refractivity contribution in [1.82, 2.24) is 5.32 Å². The van der Waals surface area contributed by atoms with E-state index in [0.29, 0.717) is 0 Å². The highest BCUT2D eigenvalue weighted by Gasteiger charge is 2.58. The Morgan fingerprint density at radius 1 is 1.00 bits per heavy atom. The molecule has 1 aromatic carbocycles. The second-order valence-electron chi connectivity index (χ2n) is 3.56. The van der Waals surface area contributed by atoms with Crippen LogP contribution in [-0.4, -0.2) is 12.5 Å². The molecular formula is C11H6F5N2. The molecule has 0 atom stereocenters. The molecule has 2 nitrogen and oxygen atoms in total. The minimum absolute atomic E-state index is 0.161. The number of hydrogen-bond donors (Lipinski definition) is 0. The maximum absolute atomic E-state index is 13.1. The van der Waals surface area contributed by atoms with Crippen molar-refractivity contribution in [1.29, 1.82) is 0 Å². The number of aliphatic imine (C=N–C) groups is 1. The van der Waals surface area contributed by atoms with Crippen LogP contribution in [0.25, 0.3) is 5.70 Å². The van der Waals surface area contributed by atoms with Crippen molar-refractivity contribution in [2.45, 2.75) is 12.1 Å². The zero-order chi connectivity index (χ0) is 13.4. The second-order valence-corrected chi connectivity index (χ2v) is 3.56. The first-order chi connectivity index (χ1) is 8.32. The van der Waals surface area contributed by atoms with Gasteiger partial charge in [0, 0.05) is 11.1 Å². The molecule has 0 bridgehead atoms. The van der Waals surface area contributed by atoms with Crippen molar-refractivity contribution in [3.8, 4) is 0 Å². The molecule has 0 N–H and O–H groups in total. The van der Waals surface area contributed by atoms with Crippen LogP contribution >= 0.6 is 0 Å². The van der Waals surface area contributed by atoms with Crippen LogP contribution in [0.4, 0.5) is 22.0 Å². The summed E-state index contributed by atoms with van der Waals surface area (Å²) in [4.78, 5) is 3.62. The lowest BCUT2D eigenvalue weighted by Gasteiger charge is -2.20. The van der Waals surface area contributed by atoms with Crippen molar-refractivity contribution in [3.05, 3.63) is 41.6 Å². The van der Waals surface area contributed by atoms with Crippen LogP contribution in [0.3, 0.4) is 0 Å². The van der Waals surface area contributed by atoms with Gasteiger partial charge in [0.2, 0.25) is 0 Å². The minimum Gasteiger partial charge on any atom is -0.243 e. The molecule has 0 saturated heterocycles. The van der Waals surface area contributed by atoms with Gasteiger partial charge in [0.05, 0.1) is 11.9 Å². The zero-order valence-electron chi connectivity index (χ0n) is 8.75. The largest absolute Gasteiger partial charge is 0.458 e. The molecule has 18 heavy (non-hydrogen) atoms. The third-order valence-corrected chi connectivity index (χ3v) is 2.34. The lowest BCUT2D eigenvalue weighted by molar-refractivity contribution is -0.289. The van der Waals surface area contributed by atoms with E-state index in [9.17, 15) is 22.0 Å². The van der Waals surface area contributed by atoms with E-state index in [4.69, 9.17) is 0 Å². The Morgan fingerprint density at radius 2 is 1.72 bits per heavy atom. The van der Waals surface area contributed by atoms with Crippen molar-refractivity contribution >= 4 is 12.0 Å². The van der Waals surface area contributed by atoms with E-state index in [-0.39, 0.29) is 11.3 Å². The van der Waals surface area contributed by atoms with Gasteiger partial charge < -0.3 is 0 Å². The summed E-state index contributed by atoms with van der Waals surface area (Å²) in [6.07, 6.45) is -3.15. The summed E-state index contributed by atoms with van der Waals surface area (Å²) < 4.78 is 62.9. The van der Waals surface area contributed by atoms with Gasteiger partial charge >= 0.3 is 12.1 Å². The van der Waals surface area contributed by atoms with Gasteiger partial charge in [0.1, 0.15) is 6.34 Å². The van der Waals surface area contributed by atoms with Crippen molar-refractivity contribution in [2.24, 2.45) is 4.99 Å². The number of halogens is 5. The Kier molecular flexibility index (Phi) is 2.84. The van der Waals surface area contributed by atoms with Crippen LogP contribution in [0.15, 0.2) is 35.5 Å². The van der Waals surface area contributed by atoms with Crippen LogP contribution in [0, 0.1) is 0 Å². The molecular weight excluding hydrogens is 255 g/mol. The van der Waals surface area contributed by atoms with E-state index in [2.05, 4.69) is 10.3 Å². The highest BCUT2D eigenvalue weighted by Crippen LogP contribution is 2.44. The molecule has 0 amide bonds. The predicted octanol–water partition coefficient (Wildman–Crippen LogP) is 3.29. The molecule has 0 spiro atoms. The maximum Gasteiger partial charge on any atom is 0.458 e. The van der Waals surface area contributed by atoms with E-state index in [1.165, 1.54) is 18.6 Å². The number of alkyl halides is 5. The molecule has 95 valence electrons. The van der Waals surface area contributed by atoms with Crippen LogP contribution in [0.1, 0.15) is 11.1 Å².